The minimum absolute atomic E-state index is 0.0447. The normalized spacial score (nSPS) is 15.4. The highest BCUT2D eigenvalue weighted by Crippen LogP contribution is 2.37. The van der Waals surface area contributed by atoms with Crippen LogP contribution in [0.2, 0.25) is 0 Å². The van der Waals surface area contributed by atoms with Crippen LogP contribution in [0.4, 0.5) is 0 Å². The molecular weight excluding hydrogens is 352 g/mol. The Morgan fingerprint density at radius 2 is 2.28 bits per heavy atom. The third kappa shape index (κ3) is 3.88. The van der Waals surface area contributed by atoms with Crippen LogP contribution in [-0.4, -0.2) is 32.7 Å². The number of nitrogens with one attached hydrogen (secondary N) is 1. The average Bonchev–Trinajstić information content (AvgIpc) is 3.20. The van der Waals surface area contributed by atoms with Gasteiger partial charge in [-0.1, -0.05) is 30.8 Å². The summed E-state index contributed by atoms with van der Waals surface area (Å²) in [6.07, 6.45) is 6.26. The van der Waals surface area contributed by atoms with Crippen LogP contribution in [0.1, 0.15) is 36.7 Å². The molecule has 1 aromatic carbocycles. The van der Waals surface area contributed by atoms with Gasteiger partial charge in [-0.2, -0.15) is 0 Å². The maximum Gasteiger partial charge on any atom is 0.230 e. The molecule has 7 heteroatoms. The molecule has 1 aliphatic carbocycles. The predicted octanol–water partition coefficient (Wildman–Crippen LogP) is 3.84. The van der Waals surface area contributed by atoms with Gasteiger partial charge in [-0.25, -0.2) is 9.97 Å². The van der Waals surface area contributed by atoms with E-state index in [0.717, 1.165) is 15.7 Å². The zero-order valence-corrected chi connectivity index (χ0v) is 15.6. The fourth-order valence-electron chi connectivity index (χ4n) is 2.68. The minimum Gasteiger partial charge on any atom is -0.355 e. The Labute approximate surface area is 154 Å². The Kier molecular flexibility index (Phi) is 4.76. The molecule has 0 radical (unpaired) electrons. The third-order valence-electron chi connectivity index (χ3n) is 4.24. The Balaban J connectivity index is 1.28. The second-order valence-electron chi connectivity index (χ2n) is 6.36. The number of nitrogens with zero attached hydrogens (tertiary/aromatic N) is 3. The maximum atomic E-state index is 12.2. The molecule has 3 aromatic rings. The number of benzene rings is 1. The zero-order valence-electron chi connectivity index (χ0n) is 14.0. The highest BCUT2D eigenvalue weighted by molar-refractivity contribution is 7.99. The van der Waals surface area contributed by atoms with Gasteiger partial charge in [0.25, 0.3) is 0 Å². The van der Waals surface area contributed by atoms with Crippen LogP contribution in [-0.2, 0) is 4.79 Å². The number of hydrogen-bond donors (Lipinski definition) is 1. The van der Waals surface area contributed by atoms with Crippen LogP contribution < -0.4 is 5.32 Å². The van der Waals surface area contributed by atoms with Crippen molar-refractivity contribution in [2.45, 2.75) is 36.9 Å². The van der Waals surface area contributed by atoms with E-state index in [-0.39, 0.29) is 11.8 Å². The highest BCUT2D eigenvalue weighted by Gasteiger charge is 2.25. The molecule has 25 heavy (non-hydrogen) atoms. The molecule has 2 aromatic heterocycles. The number of imidazole rings is 1. The number of fused-ring (bicyclic) bond motifs is 1. The Morgan fingerprint density at radius 1 is 1.44 bits per heavy atom. The van der Waals surface area contributed by atoms with E-state index in [1.54, 1.807) is 11.3 Å². The van der Waals surface area contributed by atoms with Gasteiger partial charge < -0.3 is 9.88 Å². The van der Waals surface area contributed by atoms with E-state index in [4.69, 9.17) is 0 Å². The first-order valence-corrected chi connectivity index (χ1v) is 10.3. The lowest BCUT2D eigenvalue weighted by Gasteiger charge is -2.10. The summed E-state index contributed by atoms with van der Waals surface area (Å²) in [5.74, 6) is 0.652. The Morgan fingerprint density at radius 3 is 3.08 bits per heavy atom. The molecule has 1 N–H and O–H groups in total. The van der Waals surface area contributed by atoms with Crippen molar-refractivity contribution in [3.63, 3.8) is 0 Å². The molecular formula is C18H20N4OS2. The lowest BCUT2D eigenvalue weighted by Crippen LogP contribution is -2.29. The van der Waals surface area contributed by atoms with Crippen molar-refractivity contribution in [1.29, 1.82) is 0 Å². The minimum atomic E-state index is 0.0447. The third-order valence-corrected chi connectivity index (χ3v) is 6.49. The summed E-state index contributed by atoms with van der Waals surface area (Å²) in [7, 11) is 0. The smallest absolute Gasteiger partial charge is 0.230 e. The van der Waals surface area contributed by atoms with E-state index in [0.29, 0.717) is 18.3 Å². The molecule has 0 bridgehead atoms. The largest absolute Gasteiger partial charge is 0.355 e. The highest BCUT2D eigenvalue weighted by atomic mass is 32.2. The van der Waals surface area contributed by atoms with Crippen molar-refractivity contribution in [2.75, 3.05) is 12.3 Å². The first-order valence-electron chi connectivity index (χ1n) is 8.48. The summed E-state index contributed by atoms with van der Waals surface area (Å²) >= 11 is 3.21. The van der Waals surface area contributed by atoms with Gasteiger partial charge in [0, 0.05) is 30.9 Å². The molecule has 1 saturated carbocycles. The van der Waals surface area contributed by atoms with Gasteiger partial charge in [0.15, 0.2) is 5.16 Å². The monoisotopic (exact) mass is 372 g/mol. The number of carbonyl (C=O) groups is 1. The Bertz CT molecular complexity index is 851. The fourth-order valence-corrected chi connectivity index (χ4v) is 4.55. The summed E-state index contributed by atoms with van der Waals surface area (Å²) in [5.41, 5.74) is 1.03. The van der Waals surface area contributed by atoms with Crippen molar-refractivity contribution < 1.29 is 4.79 Å². The predicted molar refractivity (Wildman–Crippen MR) is 102 cm³/mol. The molecule has 1 fully saturated rings. The molecule has 2 heterocycles. The van der Waals surface area contributed by atoms with E-state index < -0.39 is 0 Å². The molecule has 1 amide bonds. The number of hydrogen-bond acceptors (Lipinski definition) is 5. The van der Waals surface area contributed by atoms with Crippen LogP contribution in [0.15, 0.2) is 41.8 Å². The Hall–Kier alpha value is -1.86. The van der Waals surface area contributed by atoms with Crippen LogP contribution >= 0.6 is 23.1 Å². The molecule has 4 rings (SSSR count). The van der Waals surface area contributed by atoms with E-state index in [9.17, 15) is 4.79 Å². The number of carbonyl (C=O) groups excluding carboxylic acids is 1. The van der Waals surface area contributed by atoms with Gasteiger partial charge >= 0.3 is 0 Å². The average molecular weight is 373 g/mol. The number of amides is 1. The second-order valence-corrected chi connectivity index (χ2v) is 8.37. The van der Waals surface area contributed by atoms with E-state index in [2.05, 4.69) is 32.8 Å². The summed E-state index contributed by atoms with van der Waals surface area (Å²) < 4.78 is 3.37. The lowest BCUT2D eigenvalue weighted by molar-refractivity contribution is -0.118. The zero-order chi connectivity index (χ0) is 17.2. The first-order chi connectivity index (χ1) is 12.2. The number of thiazole rings is 1. The number of rotatable bonds is 7. The summed E-state index contributed by atoms with van der Waals surface area (Å²) in [4.78, 5) is 21.2. The van der Waals surface area contributed by atoms with E-state index in [1.807, 2.05) is 30.6 Å². The molecule has 1 unspecified atom stereocenters. The molecule has 1 aliphatic rings. The van der Waals surface area contributed by atoms with Gasteiger partial charge in [-0.05, 0) is 25.0 Å². The molecule has 1 atom stereocenters. The van der Waals surface area contributed by atoms with Crippen molar-refractivity contribution in [3.8, 4) is 0 Å². The van der Waals surface area contributed by atoms with Gasteiger partial charge in [-0.3, -0.25) is 4.79 Å². The second kappa shape index (κ2) is 7.17. The topological polar surface area (TPSA) is 59.8 Å². The van der Waals surface area contributed by atoms with Crippen molar-refractivity contribution in [1.82, 2.24) is 19.9 Å². The first kappa shape index (κ1) is 16.6. The molecule has 0 spiro atoms. The van der Waals surface area contributed by atoms with Crippen LogP contribution in [0.25, 0.3) is 10.2 Å². The van der Waals surface area contributed by atoms with Gasteiger partial charge in [0.05, 0.1) is 21.0 Å². The fraction of sp³-hybridized carbons (Fsp3) is 0.389. The molecule has 130 valence electrons. The van der Waals surface area contributed by atoms with E-state index in [1.165, 1.54) is 29.3 Å². The number of para-hydroxylation sites is 1. The molecule has 0 saturated heterocycles. The standard InChI is InChI=1S/C18H20N4OS2/c1-12(17-21-14-4-2-3-5-15(14)25-17)10-20-16(23)11-24-18-19-8-9-22(18)13-6-7-13/h2-5,8-9,12-13H,6-7,10-11H2,1H3,(H,20,23). The number of aromatic nitrogens is 3. The van der Waals surface area contributed by atoms with Crippen LogP contribution in [0.3, 0.4) is 0 Å². The quantitative estimate of drug-likeness (QED) is 0.640. The van der Waals surface area contributed by atoms with Crippen LogP contribution in [0.5, 0.6) is 0 Å². The van der Waals surface area contributed by atoms with Gasteiger partial charge in [-0.15, -0.1) is 11.3 Å². The van der Waals surface area contributed by atoms with Crippen LogP contribution in [0, 0.1) is 0 Å². The van der Waals surface area contributed by atoms with Crippen molar-refractivity contribution in [3.05, 3.63) is 41.7 Å². The molecule has 0 aliphatic heterocycles. The van der Waals surface area contributed by atoms with Gasteiger partial charge in [0.1, 0.15) is 0 Å². The summed E-state index contributed by atoms with van der Waals surface area (Å²) in [6, 6.07) is 8.73. The summed E-state index contributed by atoms with van der Waals surface area (Å²) in [5, 5.41) is 5.03. The van der Waals surface area contributed by atoms with Crippen molar-refractivity contribution in [2.24, 2.45) is 0 Å². The maximum absolute atomic E-state index is 12.2. The lowest BCUT2D eigenvalue weighted by atomic mass is 10.2. The SMILES string of the molecule is CC(CNC(=O)CSc1nccn1C1CC1)c1nc2ccccc2s1. The van der Waals surface area contributed by atoms with Crippen molar-refractivity contribution >= 4 is 39.2 Å². The van der Waals surface area contributed by atoms with Gasteiger partial charge in [0.2, 0.25) is 5.91 Å². The summed E-state index contributed by atoms with van der Waals surface area (Å²) in [6.45, 7) is 2.71. The molecule has 5 nitrogen and oxygen atoms in total. The van der Waals surface area contributed by atoms with E-state index >= 15 is 0 Å². The number of thioether (sulfide) groups is 1.